The minimum absolute atomic E-state index is 0.0220. The maximum atomic E-state index is 12.1. The van der Waals surface area contributed by atoms with E-state index in [1.807, 2.05) is 0 Å². The quantitative estimate of drug-likeness (QED) is 0.726. The predicted molar refractivity (Wildman–Crippen MR) is 85.7 cm³/mol. The van der Waals surface area contributed by atoms with Gasteiger partial charge in [-0.05, 0) is 31.0 Å². The molecule has 2 N–H and O–H groups in total. The van der Waals surface area contributed by atoms with Crippen LogP contribution in [0.1, 0.15) is 23.2 Å². The van der Waals surface area contributed by atoms with Crippen molar-refractivity contribution in [1.82, 2.24) is 10.0 Å². The Balaban J connectivity index is 1.44. The highest BCUT2D eigenvalue weighted by Gasteiger charge is 2.19. The highest BCUT2D eigenvalue weighted by atomic mass is 32.2. The molecule has 2 aliphatic rings. The van der Waals surface area contributed by atoms with Crippen molar-refractivity contribution in [2.45, 2.75) is 18.9 Å². The van der Waals surface area contributed by atoms with Crippen LogP contribution in [0.4, 0.5) is 0 Å². The summed E-state index contributed by atoms with van der Waals surface area (Å²) in [6, 6.07) is 4.83. The van der Waals surface area contributed by atoms with Crippen LogP contribution in [0, 0.1) is 0 Å². The van der Waals surface area contributed by atoms with Gasteiger partial charge in [0.25, 0.3) is 5.91 Å². The molecule has 1 atom stereocenters. The molecule has 1 aromatic rings. The number of hydrogen-bond donors (Lipinski definition) is 2. The number of carbonyl (C=O) groups excluding carboxylic acids is 1. The summed E-state index contributed by atoms with van der Waals surface area (Å²) in [4.78, 5) is 12.1. The first-order valence-electron chi connectivity index (χ1n) is 7.80. The molecular weight excluding hydrogens is 336 g/mol. The molecule has 24 heavy (non-hydrogen) atoms. The van der Waals surface area contributed by atoms with Crippen LogP contribution in [0.15, 0.2) is 18.2 Å². The van der Waals surface area contributed by atoms with Crippen LogP contribution in [0.3, 0.4) is 0 Å². The molecule has 3 rings (SSSR count). The summed E-state index contributed by atoms with van der Waals surface area (Å²) in [5, 5.41) is 2.59. The monoisotopic (exact) mass is 356 g/mol. The fourth-order valence-corrected chi connectivity index (χ4v) is 3.49. The SMILES string of the molecule is O=C(NCCS(=O)(=O)NCC1CCCO1)c1ccc2c(c1)OCO2. The summed E-state index contributed by atoms with van der Waals surface area (Å²) in [6.45, 7) is 1.11. The molecule has 1 saturated heterocycles. The highest BCUT2D eigenvalue weighted by molar-refractivity contribution is 7.89. The van der Waals surface area contributed by atoms with Gasteiger partial charge >= 0.3 is 0 Å². The summed E-state index contributed by atoms with van der Waals surface area (Å²) in [5.74, 6) is 0.555. The average Bonchev–Trinajstić information content (AvgIpc) is 3.23. The molecule has 8 nitrogen and oxygen atoms in total. The van der Waals surface area contributed by atoms with E-state index in [0.29, 0.717) is 23.7 Å². The van der Waals surface area contributed by atoms with Crippen LogP contribution >= 0.6 is 0 Å². The Bertz CT molecular complexity index is 700. The van der Waals surface area contributed by atoms with Gasteiger partial charge in [-0.15, -0.1) is 0 Å². The van der Waals surface area contributed by atoms with Crippen LogP contribution in [-0.2, 0) is 14.8 Å². The van der Waals surface area contributed by atoms with Crippen molar-refractivity contribution in [1.29, 1.82) is 0 Å². The van der Waals surface area contributed by atoms with Crippen molar-refractivity contribution in [3.63, 3.8) is 0 Å². The van der Waals surface area contributed by atoms with Crippen LogP contribution in [0.5, 0.6) is 11.5 Å². The van der Waals surface area contributed by atoms with Crippen LogP contribution in [0.2, 0.25) is 0 Å². The second kappa shape index (κ2) is 7.37. The first-order valence-corrected chi connectivity index (χ1v) is 9.45. The molecule has 0 aliphatic carbocycles. The summed E-state index contributed by atoms with van der Waals surface area (Å²) in [5.41, 5.74) is 0.393. The van der Waals surface area contributed by atoms with Crippen LogP contribution in [0.25, 0.3) is 0 Å². The van der Waals surface area contributed by atoms with Crippen LogP contribution < -0.4 is 19.5 Å². The zero-order valence-electron chi connectivity index (χ0n) is 13.1. The lowest BCUT2D eigenvalue weighted by atomic mass is 10.2. The topological polar surface area (TPSA) is 103 Å². The van der Waals surface area contributed by atoms with E-state index in [1.165, 1.54) is 0 Å². The van der Waals surface area contributed by atoms with Crippen molar-refractivity contribution < 1.29 is 27.4 Å². The lowest BCUT2D eigenvalue weighted by molar-refractivity contribution is 0.0955. The van der Waals surface area contributed by atoms with E-state index in [1.54, 1.807) is 18.2 Å². The third-order valence-corrected chi connectivity index (χ3v) is 5.19. The first-order chi connectivity index (χ1) is 11.5. The van der Waals surface area contributed by atoms with Gasteiger partial charge in [0.1, 0.15) is 0 Å². The number of carbonyl (C=O) groups is 1. The Morgan fingerprint density at radius 3 is 2.88 bits per heavy atom. The van der Waals surface area contributed by atoms with E-state index < -0.39 is 10.0 Å². The number of benzene rings is 1. The number of nitrogens with one attached hydrogen (secondary N) is 2. The molecule has 1 amide bonds. The molecule has 9 heteroatoms. The van der Waals surface area contributed by atoms with Gasteiger partial charge in [0.2, 0.25) is 16.8 Å². The molecule has 0 spiro atoms. The zero-order valence-corrected chi connectivity index (χ0v) is 13.9. The Morgan fingerprint density at radius 1 is 1.25 bits per heavy atom. The van der Waals surface area contributed by atoms with Gasteiger partial charge < -0.3 is 19.5 Å². The fraction of sp³-hybridized carbons (Fsp3) is 0.533. The van der Waals surface area contributed by atoms with Gasteiger partial charge in [0, 0.05) is 25.3 Å². The molecule has 0 bridgehead atoms. The standard InChI is InChI=1S/C15H20N2O6S/c18-15(11-3-4-13-14(8-11)23-10-22-13)16-5-7-24(19,20)17-9-12-2-1-6-21-12/h3-4,8,12,17H,1-2,5-7,9-10H2,(H,16,18). The zero-order chi connectivity index (χ0) is 17.0. The predicted octanol–water partition coefficient (Wildman–Crippen LogP) is 0.243. The lowest BCUT2D eigenvalue weighted by Crippen LogP contribution is -2.37. The number of hydrogen-bond acceptors (Lipinski definition) is 6. The second-order valence-corrected chi connectivity index (χ2v) is 7.55. The molecule has 1 aromatic carbocycles. The lowest BCUT2D eigenvalue weighted by Gasteiger charge is -2.11. The Hall–Kier alpha value is -1.84. The second-order valence-electron chi connectivity index (χ2n) is 5.63. The average molecular weight is 356 g/mol. The first kappa shape index (κ1) is 17.0. The number of sulfonamides is 1. The fourth-order valence-electron chi connectivity index (χ4n) is 2.54. The van der Waals surface area contributed by atoms with Gasteiger partial charge in [0.15, 0.2) is 11.5 Å². The van der Waals surface area contributed by atoms with E-state index in [0.717, 1.165) is 12.8 Å². The van der Waals surface area contributed by atoms with E-state index in [2.05, 4.69) is 10.0 Å². The molecule has 0 aromatic heterocycles. The van der Waals surface area contributed by atoms with Crippen LogP contribution in [-0.4, -0.2) is 52.7 Å². The van der Waals surface area contributed by atoms with Gasteiger partial charge in [0.05, 0.1) is 11.9 Å². The van der Waals surface area contributed by atoms with E-state index in [-0.39, 0.29) is 37.6 Å². The van der Waals surface area contributed by atoms with E-state index in [9.17, 15) is 13.2 Å². The number of rotatable bonds is 7. The van der Waals surface area contributed by atoms with Crippen molar-refractivity contribution >= 4 is 15.9 Å². The Labute approximate surface area is 140 Å². The van der Waals surface area contributed by atoms with Crippen molar-refractivity contribution in [2.75, 3.05) is 32.2 Å². The minimum Gasteiger partial charge on any atom is -0.454 e. The normalized spacial score (nSPS) is 19.4. The van der Waals surface area contributed by atoms with E-state index in [4.69, 9.17) is 14.2 Å². The highest BCUT2D eigenvalue weighted by Crippen LogP contribution is 2.32. The largest absolute Gasteiger partial charge is 0.454 e. The Kier molecular flexibility index (Phi) is 5.22. The molecule has 132 valence electrons. The summed E-state index contributed by atoms with van der Waals surface area (Å²) in [6.07, 6.45) is 1.77. The van der Waals surface area contributed by atoms with Gasteiger partial charge in [-0.3, -0.25) is 4.79 Å². The summed E-state index contributed by atoms with van der Waals surface area (Å²) >= 11 is 0. The van der Waals surface area contributed by atoms with E-state index >= 15 is 0 Å². The third-order valence-electron chi connectivity index (χ3n) is 3.85. The molecule has 2 aliphatic heterocycles. The molecule has 1 fully saturated rings. The molecule has 1 unspecified atom stereocenters. The van der Waals surface area contributed by atoms with Crippen molar-refractivity contribution in [2.24, 2.45) is 0 Å². The van der Waals surface area contributed by atoms with Gasteiger partial charge in [-0.1, -0.05) is 0 Å². The number of amides is 1. The summed E-state index contributed by atoms with van der Waals surface area (Å²) in [7, 11) is -3.45. The van der Waals surface area contributed by atoms with Crippen molar-refractivity contribution in [3.05, 3.63) is 23.8 Å². The minimum atomic E-state index is -3.45. The molecular formula is C15H20N2O6S. The smallest absolute Gasteiger partial charge is 0.251 e. The number of fused-ring (bicyclic) bond motifs is 1. The third kappa shape index (κ3) is 4.37. The maximum absolute atomic E-state index is 12.1. The maximum Gasteiger partial charge on any atom is 0.251 e. The molecule has 0 radical (unpaired) electrons. The van der Waals surface area contributed by atoms with Gasteiger partial charge in [-0.2, -0.15) is 0 Å². The number of ether oxygens (including phenoxy) is 3. The Morgan fingerprint density at radius 2 is 2.08 bits per heavy atom. The van der Waals surface area contributed by atoms with Crippen molar-refractivity contribution in [3.8, 4) is 11.5 Å². The summed E-state index contributed by atoms with van der Waals surface area (Å²) < 4.78 is 42.1. The molecule has 0 saturated carbocycles. The molecule has 2 heterocycles. The van der Waals surface area contributed by atoms with Gasteiger partial charge in [-0.25, -0.2) is 13.1 Å².